The number of amides is 1. The number of aromatic nitrogens is 2. The highest BCUT2D eigenvalue weighted by atomic mass is 35.5. The standard InChI is InChI=1S/C22H24ClN5OS2/c1-15-20(31-21(25-15)16-2-4-17(23)5-3-16)12-26-10-18(11-26)27-6-8-28(9-7-27)22(29)19-13-30-14-24-19/h2-5,13-14,18H,6-12H2,1H3. The maximum absolute atomic E-state index is 12.5. The first kappa shape index (κ1) is 21.0. The van der Waals surface area contributed by atoms with Crippen molar-refractivity contribution in [1.82, 2.24) is 24.7 Å². The van der Waals surface area contributed by atoms with Gasteiger partial charge in [0.05, 0.1) is 11.2 Å². The molecule has 9 heteroatoms. The van der Waals surface area contributed by atoms with Gasteiger partial charge in [-0.25, -0.2) is 9.97 Å². The Kier molecular flexibility index (Phi) is 6.08. The first-order chi connectivity index (χ1) is 15.1. The van der Waals surface area contributed by atoms with Crippen LogP contribution in [0.5, 0.6) is 0 Å². The lowest BCUT2D eigenvalue weighted by atomic mass is 10.1. The quantitative estimate of drug-likeness (QED) is 0.563. The first-order valence-corrected chi connectivity index (χ1v) is 12.6. The van der Waals surface area contributed by atoms with Crippen LogP contribution in [0, 0.1) is 6.92 Å². The zero-order chi connectivity index (χ0) is 21.4. The maximum Gasteiger partial charge on any atom is 0.273 e. The summed E-state index contributed by atoms with van der Waals surface area (Å²) in [7, 11) is 0. The van der Waals surface area contributed by atoms with Crippen molar-refractivity contribution in [1.29, 1.82) is 0 Å². The molecule has 31 heavy (non-hydrogen) atoms. The van der Waals surface area contributed by atoms with Gasteiger partial charge in [-0.1, -0.05) is 23.7 Å². The molecule has 2 aliphatic rings. The second kappa shape index (κ2) is 8.96. The zero-order valence-corrected chi connectivity index (χ0v) is 19.7. The normalized spacial score (nSPS) is 18.3. The Hall–Kier alpha value is -1.84. The van der Waals surface area contributed by atoms with Gasteiger partial charge >= 0.3 is 0 Å². The number of aryl methyl sites for hydroxylation is 1. The molecular weight excluding hydrogens is 450 g/mol. The van der Waals surface area contributed by atoms with Gasteiger partial charge in [0.25, 0.3) is 5.91 Å². The zero-order valence-electron chi connectivity index (χ0n) is 17.3. The van der Waals surface area contributed by atoms with E-state index < -0.39 is 0 Å². The molecule has 0 atom stereocenters. The predicted octanol–water partition coefficient (Wildman–Crippen LogP) is 3.87. The molecule has 0 spiro atoms. The molecule has 3 aromatic rings. The minimum absolute atomic E-state index is 0.0632. The van der Waals surface area contributed by atoms with E-state index in [4.69, 9.17) is 16.6 Å². The summed E-state index contributed by atoms with van der Waals surface area (Å²) >= 11 is 9.25. The molecule has 0 bridgehead atoms. The summed E-state index contributed by atoms with van der Waals surface area (Å²) in [5, 5.41) is 3.64. The van der Waals surface area contributed by atoms with E-state index >= 15 is 0 Å². The monoisotopic (exact) mass is 473 g/mol. The van der Waals surface area contributed by atoms with Crippen molar-refractivity contribution in [3.63, 3.8) is 0 Å². The van der Waals surface area contributed by atoms with Gasteiger partial charge in [0.2, 0.25) is 0 Å². The number of likely N-dealkylation sites (tertiary alicyclic amines) is 1. The number of hydrogen-bond donors (Lipinski definition) is 0. The number of rotatable bonds is 5. The Bertz CT molecular complexity index is 1040. The molecule has 1 amide bonds. The molecule has 2 aromatic heterocycles. The van der Waals surface area contributed by atoms with Crippen LogP contribution >= 0.6 is 34.3 Å². The van der Waals surface area contributed by atoms with E-state index in [0.29, 0.717) is 11.7 Å². The van der Waals surface area contributed by atoms with Gasteiger partial charge in [0, 0.05) is 72.7 Å². The Labute approximate surface area is 195 Å². The summed E-state index contributed by atoms with van der Waals surface area (Å²) < 4.78 is 0. The number of piperazine rings is 1. The number of thiazole rings is 2. The van der Waals surface area contributed by atoms with Crippen LogP contribution in [0.4, 0.5) is 0 Å². The van der Waals surface area contributed by atoms with Crippen molar-refractivity contribution >= 4 is 40.2 Å². The van der Waals surface area contributed by atoms with Gasteiger partial charge in [-0.3, -0.25) is 14.6 Å². The van der Waals surface area contributed by atoms with Crippen LogP contribution in [0.2, 0.25) is 5.02 Å². The van der Waals surface area contributed by atoms with Crippen molar-refractivity contribution in [3.8, 4) is 10.6 Å². The number of benzene rings is 1. The molecule has 162 valence electrons. The van der Waals surface area contributed by atoms with Crippen LogP contribution in [0.1, 0.15) is 21.1 Å². The predicted molar refractivity (Wildman–Crippen MR) is 126 cm³/mol. The second-order valence-corrected chi connectivity index (χ2v) is 10.3. The molecule has 0 radical (unpaired) electrons. The van der Waals surface area contributed by atoms with Crippen LogP contribution in [0.3, 0.4) is 0 Å². The molecular formula is C22H24ClN5OS2. The highest BCUT2D eigenvalue weighted by molar-refractivity contribution is 7.15. The third kappa shape index (κ3) is 4.54. The van der Waals surface area contributed by atoms with Crippen molar-refractivity contribution in [2.75, 3.05) is 39.3 Å². The second-order valence-electron chi connectivity index (χ2n) is 8.08. The van der Waals surface area contributed by atoms with E-state index in [0.717, 1.165) is 67.1 Å². The SMILES string of the molecule is Cc1nc(-c2ccc(Cl)cc2)sc1CN1CC(N2CCN(C(=O)c3cscn3)CC2)C1. The topological polar surface area (TPSA) is 52.6 Å². The third-order valence-electron chi connectivity index (χ3n) is 6.06. The maximum atomic E-state index is 12.5. The number of hydrogen-bond acceptors (Lipinski definition) is 7. The number of halogens is 1. The summed E-state index contributed by atoms with van der Waals surface area (Å²) in [6.45, 7) is 8.65. The van der Waals surface area contributed by atoms with E-state index in [9.17, 15) is 4.79 Å². The smallest absolute Gasteiger partial charge is 0.273 e. The average Bonchev–Trinajstić information content (AvgIpc) is 3.41. The van der Waals surface area contributed by atoms with Crippen LogP contribution in [0.15, 0.2) is 35.2 Å². The Morgan fingerprint density at radius 1 is 1.16 bits per heavy atom. The van der Waals surface area contributed by atoms with E-state index in [1.165, 1.54) is 16.2 Å². The summed E-state index contributed by atoms with van der Waals surface area (Å²) in [6.07, 6.45) is 0. The van der Waals surface area contributed by atoms with Gasteiger partial charge in [-0.2, -0.15) is 0 Å². The fraction of sp³-hybridized carbons (Fsp3) is 0.409. The summed E-state index contributed by atoms with van der Waals surface area (Å²) in [5.41, 5.74) is 4.53. The molecule has 4 heterocycles. The summed E-state index contributed by atoms with van der Waals surface area (Å²) in [4.78, 5) is 29.7. The Balaban J connectivity index is 1.11. The lowest BCUT2D eigenvalue weighted by molar-refractivity contribution is 0.00280. The third-order valence-corrected chi connectivity index (χ3v) is 8.09. The molecule has 2 fully saturated rings. The molecule has 0 saturated carbocycles. The Morgan fingerprint density at radius 2 is 1.90 bits per heavy atom. The van der Waals surface area contributed by atoms with E-state index in [1.807, 2.05) is 34.5 Å². The summed E-state index contributed by atoms with van der Waals surface area (Å²) in [5.74, 6) is 0.0632. The van der Waals surface area contributed by atoms with E-state index in [-0.39, 0.29) is 5.91 Å². The van der Waals surface area contributed by atoms with Crippen LogP contribution in [-0.4, -0.2) is 75.9 Å². The van der Waals surface area contributed by atoms with Crippen LogP contribution in [0.25, 0.3) is 10.6 Å². The minimum Gasteiger partial charge on any atom is -0.335 e. The summed E-state index contributed by atoms with van der Waals surface area (Å²) in [6, 6.07) is 8.47. The fourth-order valence-corrected chi connectivity index (χ4v) is 5.93. The lowest BCUT2D eigenvalue weighted by Gasteiger charge is -2.48. The number of nitrogens with zero attached hydrogens (tertiary/aromatic N) is 5. The molecule has 2 aliphatic heterocycles. The molecule has 0 unspecified atom stereocenters. The Morgan fingerprint density at radius 3 is 2.58 bits per heavy atom. The largest absolute Gasteiger partial charge is 0.335 e. The van der Waals surface area contributed by atoms with Gasteiger partial charge in [0.1, 0.15) is 10.7 Å². The molecule has 2 saturated heterocycles. The first-order valence-electron chi connectivity index (χ1n) is 10.4. The highest BCUT2D eigenvalue weighted by Crippen LogP contribution is 2.31. The van der Waals surface area contributed by atoms with Crippen molar-refractivity contribution < 1.29 is 4.79 Å². The van der Waals surface area contributed by atoms with Crippen molar-refractivity contribution in [3.05, 3.63) is 56.4 Å². The van der Waals surface area contributed by atoms with Crippen LogP contribution in [-0.2, 0) is 6.54 Å². The lowest BCUT2D eigenvalue weighted by Crippen LogP contribution is -2.63. The highest BCUT2D eigenvalue weighted by Gasteiger charge is 2.35. The molecule has 0 aliphatic carbocycles. The number of carbonyl (C=O) groups excluding carboxylic acids is 1. The van der Waals surface area contributed by atoms with Gasteiger partial charge in [-0.15, -0.1) is 22.7 Å². The van der Waals surface area contributed by atoms with Gasteiger partial charge in [-0.05, 0) is 19.1 Å². The van der Waals surface area contributed by atoms with Crippen LogP contribution < -0.4 is 0 Å². The van der Waals surface area contributed by atoms with E-state index in [1.54, 1.807) is 16.8 Å². The number of carbonyl (C=O) groups is 1. The van der Waals surface area contributed by atoms with Crippen molar-refractivity contribution in [2.45, 2.75) is 19.5 Å². The minimum atomic E-state index is 0.0632. The van der Waals surface area contributed by atoms with Crippen molar-refractivity contribution in [2.24, 2.45) is 0 Å². The fourth-order valence-electron chi connectivity index (χ4n) is 4.17. The average molecular weight is 474 g/mol. The van der Waals surface area contributed by atoms with E-state index in [2.05, 4.69) is 21.7 Å². The molecule has 0 N–H and O–H groups in total. The molecule has 5 rings (SSSR count). The van der Waals surface area contributed by atoms with Gasteiger partial charge in [0.15, 0.2) is 0 Å². The molecule has 1 aromatic carbocycles. The van der Waals surface area contributed by atoms with Gasteiger partial charge < -0.3 is 4.90 Å². The molecule has 6 nitrogen and oxygen atoms in total.